The van der Waals surface area contributed by atoms with Crippen LogP contribution in [0, 0.1) is 5.92 Å². The van der Waals surface area contributed by atoms with Gasteiger partial charge in [0.2, 0.25) is 0 Å². The van der Waals surface area contributed by atoms with Gasteiger partial charge in [0, 0.05) is 6.04 Å². The maximum atomic E-state index is 3.90. The van der Waals surface area contributed by atoms with Gasteiger partial charge in [-0.05, 0) is 12.8 Å². The Kier molecular flexibility index (Phi) is 3.48. The van der Waals surface area contributed by atoms with Crippen LogP contribution in [0.3, 0.4) is 0 Å². The van der Waals surface area contributed by atoms with E-state index in [4.69, 9.17) is 0 Å². The summed E-state index contributed by atoms with van der Waals surface area (Å²) < 4.78 is 2.86. The maximum Gasteiger partial charge on any atom is 0.0164 e. The number of hydrogen-bond donors (Lipinski definition) is 2. The molecule has 0 aromatic heterocycles. The van der Waals surface area contributed by atoms with Crippen LogP contribution in [0.1, 0.15) is 20.8 Å². The molecule has 44 valence electrons. The fourth-order valence-corrected chi connectivity index (χ4v) is 0.447. The summed E-state index contributed by atoms with van der Waals surface area (Å²) >= 11 is 3.90. The minimum Gasteiger partial charge on any atom is -0.264 e. The van der Waals surface area contributed by atoms with Crippen LogP contribution in [-0.4, -0.2) is 6.04 Å². The minimum atomic E-state index is 0.517. The van der Waals surface area contributed by atoms with Crippen molar-refractivity contribution in [1.82, 2.24) is 4.72 Å². The first-order valence-electron chi connectivity index (χ1n) is 2.58. The van der Waals surface area contributed by atoms with Crippen LogP contribution in [0.25, 0.3) is 0 Å². The molecule has 0 spiro atoms. The zero-order valence-corrected chi connectivity index (χ0v) is 6.00. The summed E-state index contributed by atoms with van der Waals surface area (Å²) in [5, 5.41) is 0. The topological polar surface area (TPSA) is 12.0 Å². The van der Waals surface area contributed by atoms with Crippen molar-refractivity contribution in [3.05, 3.63) is 0 Å². The number of hydrogen-bond acceptors (Lipinski definition) is 2. The maximum absolute atomic E-state index is 3.90. The molecule has 0 fully saturated rings. The Morgan fingerprint density at radius 2 is 1.71 bits per heavy atom. The summed E-state index contributed by atoms with van der Waals surface area (Å²) in [7, 11) is 0. The van der Waals surface area contributed by atoms with Crippen molar-refractivity contribution in [2.75, 3.05) is 0 Å². The lowest BCUT2D eigenvalue weighted by atomic mass is 10.1. The fraction of sp³-hybridized carbons (Fsp3) is 1.00. The van der Waals surface area contributed by atoms with E-state index in [0.717, 1.165) is 0 Å². The lowest BCUT2D eigenvalue weighted by molar-refractivity contribution is 0.504. The molecule has 0 saturated heterocycles. The molecule has 0 aliphatic rings. The second kappa shape index (κ2) is 3.33. The summed E-state index contributed by atoms with van der Waals surface area (Å²) in [5.41, 5.74) is 0. The van der Waals surface area contributed by atoms with Gasteiger partial charge in [0.15, 0.2) is 0 Å². The molecule has 0 aromatic carbocycles. The third kappa shape index (κ3) is 2.94. The number of nitrogens with one attached hydrogen (secondary N) is 1. The number of thiol groups is 1. The van der Waals surface area contributed by atoms with Gasteiger partial charge in [-0.15, -0.1) is 0 Å². The van der Waals surface area contributed by atoms with E-state index in [-0.39, 0.29) is 0 Å². The van der Waals surface area contributed by atoms with Crippen LogP contribution in [0.2, 0.25) is 0 Å². The lowest BCUT2D eigenvalue weighted by Gasteiger charge is -2.11. The quantitative estimate of drug-likeness (QED) is 0.524. The summed E-state index contributed by atoms with van der Waals surface area (Å²) in [6.45, 7) is 6.43. The van der Waals surface area contributed by atoms with Gasteiger partial charge in [-0.3, -0.25) is 4.72 Å². The van der Waals surface area contributed by atoms with Gasteiger partial charge in [-0.1, -0.05) is 26.7 Å². The highest BCUT2D eigenvalue weighted by molar-refractivity contribution is 7.78. The van der Waals surface area contributed by atoms with Crippen LogP contribution in [0.15, 0.2) is 0 Å². The Labute approximate surface area is 51.0 Å². The van der Waals surface area contributed by atoms with E-state index in [1.807, 2.05) is 0 Å². The molecule has 1 N–H and O–H groups in total. The Hall–Kier alpha value is 0.310. The van der Waals surface area contributed by atoms with Crippen molar-refractivity contribution in [3.8, 4) is 0 Å². The van der Waals surface area contributed by atoms with E-state index in [1.165, 1.54) is 0 Å². The van der Waals surface area contributed by atoms with Crippen molar-refractivity contribution in [1.29, 1.82) is 0 Å². The molecule has 0 amide bonds. The molecule has 1 atom stereocenters. The molecule has 0 heterocycles. The SMILES string of the molecule is CC(C)C(C)NS. The highest BCUT2D eigenvalue weighted by Gasteiger charge is 2.01. The van der Waals surface area contributed by atoms with E-state index < -0.39 is 0 Å². The van der Waals surface area contributed by atoms with Gasteiger partial charge in [0.05, 0.1) is 0 Å². The van der Waals surface area contributed by atoms with E-state index in [1.54, 1.807) is 0 Å². The summed E-state index contributed by atoms with van der Waals surface area (Å²) in [6, 6.07) is 0.517. The Morgan fingerprint density at radius 3 is 1.71 bits per heavy atom. The normalized spacial score (nSPS) is 15.0. The van der Waals surface area contributed by atoms with Gasteiger partial charge in [0.1, 0.15) is 0 Å². The first-order valence-corrected chi connectivity index (χ1v) is 3.02. The minimum absolute atomic E-state index is 0.517. The van der Waals surface area contributed by atoms with Crippen molar-refractivity contribution in [3.63, 3.8) is 0 Å². The fourth-order valence-electron chi connectivity index (χ4n) is 0.149. The highest BCUT2D eigenvalue weighted by atomic mass is 32.1. The zero-order valence-electron chi connectivity index (χ0n) is 5.10. The Bertz CT molecular complexity index is 45.3. The molecular weight excluding hydrogens is 106 g/mol. The Balaban J connectivity index is 3.14. The van der Waals surface area contributed by atoms with Crippen molar-refractivity contribution in [2.24, 2.45) is 5.92 Å². The average molecular weight is 119 g/mol. The van der Waals surface area contributed by atoms with E-state index in [0.29, 0.717) is 12.0 Å². The van der Waals surface area contributed by atoms with Crippen molar-refractivity contribution in [2.45, 2.75) is 26.8 Å². The summed E-state index contributed by atoms with van der Waals surface area (Å²) in [4.78, 5) is 0. The Morgan fingerprint density at radius 1 is 1.29 bits per heavy atom. The van der Waals surface area contributed by atoms with Crippen LogP contribution in [0.4, 0.5) is 0 Å². The lowest BCUT2D eigenvalue weighted by Crippen LogP contribution is -2.22. The molecule has 0 saturated carbocycles. The van der Waals surface area contributed by atoms with Crippen LogP contribution in [0.5, 0.6) is 0 Å². The van der Waals surface area contributed by atoms with E-state index in [9.17, 15) is 0 Å². The van der Waals surface area contributed by atoms with Crippen molar-refractivity contribution < 1.29 is 0 Å². The van der Waals surface area contributed by atoms with Crippen molar-refractivity contribution >= 4 is 12.8 Å². The third-order valence-electron chi connectivity index (χ3n) is 1.20. The molecule has 0 bridgehead atoms. The van der Waals surface area contributed by atoms with Gasteiger partial charge in [-0.25, -0.2) is 0 Å². The standard InChI is InChI=1S/C5H13NS/c1-4(2)5(3)6-7/h4-7H,1-3H3. The summed E-state index contributed by atoms with van der Waals surface area (Å²) in [6.07, 6.45) is 0. The van der Waals surface area contributed by atoms with Crippen LogP contribution >= 0.6 is 12.8 Å². The van der Waals surface area contributed by atoms with Gasteiger partial charge >= 0.3 is 0 Å². The number of rotatable bonds is 2. The first kappa shape index (κ1) is 7.31. The monoisotopic (exact) mass is 119 g/mol. The highest BCUT2D eigenvalue weighted by Crippen LogP contribution is 1.98. The smallest absolute Gasteiger partial charge is 0.0164 e. The molecule has 0 aliphatic heterocycles. The molecule has 0 aromatic rings. The molecule has 0 rings (SSSR count). The first-order chi connectivity index (χ1) is 3.18. The van der Waals surface area contributed by atoms with Gasteiger partial charge in [-0.2, -0.15) is 0 Å². The third-order valence-corrected chi connectivity index (χ3v) is 1.61. The van der Waals surface area contributed by atoms with Crippen LogP contribution < -0.4 is 4.72 Å². The second-order valence-electron chi connectivity index (χ2n) is 2.16. The molecule has 1 unspecified atom stereocenters. The van der Waals surface area contributed by atoms with Gasteiger partial charge in [0.25, 0.3) is 0 Å². The van der Waals surface area contributed by atoms with Gasteiger partial charge < -0.3 is 0 Å². The van der Waals surface area contributed by atoms with Crippen LogP contribution in [-0.2, 0) is 0 Å². The molecule has 1 nitrogen and oxygen atoms in total. The molecule has 7 heavy (non-hydrogen) atoms. The second-order valence-corrected chi connectivity index (χ2v) is 2.42. The summed E-state index contributed by atoms with van der Waals surface area (Å²) in [5.74, 6) is 0.678. The molecule has 0 aliphatic carbocycles. The predicted octanol–water partition coefficient (Wildman–Crippen LogP) is 1.47. The molecule has 2 heteroatoms. The molecular formula is C5H13NS. The average Bonchev–Trinajstić information content (AvgIpc) is 1.65. The predicted molar refractivity (Wildman–Crippen MR) is 36.4 cm³/mol. The van der Waals surface area contributed by atoms with E-state index >= 15 is 0 Å². The largest absolute Gasteiger partial charge is 0.264 e. The zero-order chi connectivity index (χ0) is 5.86. The molecule has 0 radical (unpaired) electrons. The van der Waals surface area contributed by atoms with E-state index in [2.05, 4.69) is 38.3 Å².